The molecule has 0 amide bonds. The molecule has 0 aliphatic heterocycles. The molecule has 1 nitrogen and oxygen atoms in total. The van der Waals surface area contributed by atoms with Crippen molar-refractivity contribution in [1.82, 2.24) is 0 Å². The molecule has 0 radical (unpaired) electrons. The Balaban J connectivity index is 1.82. The van der Waals surface area contributed by atoms with E-state index in [1.807, 2.05) is 18.2 Å². The topological polar surface area (TPSA) is 20.2 Å². The molecule has 2 heteroatoms. The van der Waals surface area contributed by atoms with Crippen molar-refractivity contribution in [3.8, 4) is 0 Å². The van der Waals surface area contributed by atoms with Crippen LogP contribution >= 0.6 is 0 Å². The van der Waals surface area contributed by atoms with E-state index in [2.05, 4.69) is 49.4 Å². The van der Waals surface area contributed by atoms with Gasteiger partial charge in [0.25, 0.3) is 0 Å². The van der Waals surface area contributed by atoms with Crippen molar-refractivity contribution >= 4 is 19.4 Å². The molecule has 1 unspecified atom stereocenters. The van der Waals surface area contributed by atoms with Crippen LogP contribution in [0.15, 0.2) is 60.7 Å². The van der Waals surface area contributed by atoms with E-state index >= 15 is 0 Å². The third-order valence-electron chi connectivity index (χ3n) is 4.63. The summed E-state index contributed by atoms with van der Waals surface area (Å²) < 4.78 is 1.51. The molecule has 1 saturated carbocycles. The summed E-state index contributed by atoms with van der Waals surface area (Å²) >= 11 is 0.321. The van der Waals surface area contributed by atoms with Crippen LogP contribution in [-0.2, 0) is 0 Å². The van der Waals surface area contributed by atoms with Crippen LogP contribution in [0.2, 0.25) is 4.31 Å². The first-order chi connectivity index (χ1) is 10.8. The summed E-state index contributed by atoms with van der Waals surface area (Å²) in [7, 11) is 0. The second-order valence-electron chi connectivity index (χ2n) is 6.23. The first-order valence-corrected chi connectivity index (χ1v) is 9.94. The van der Waals surface area contributed by atoms with Crippen molar-refractivity contribution in [1.29, 1.82) is 0 Å². The summed E-state index contributed by atoms with van der Waals surface area (Å²) in [6.07, 6.45) is 4.63. The van der Waals surface area contributed by atoms with Gasteiger partial charge in [0.15, 0.2) is 0 Å². The van der Waals surface area contributed by atoms with Crippen LogP contribution in [0, 0.1) is 5.92 Å². The monoisotopic (exact) mass is 360 g/mol. The van der Waals surface area contributed by atoms with Crippen molar-refractivity contribution in [3.05, 3.63) is 66.2 Å². The first kappa shape index (κ1) is 15.8. The minimum absolute atomic E-state index is 0.102. The van der Waals surface area contributed by atoms with Crippen molar-refractivity contribution in [2.24, 2.45) is 5.92 Å². The van der Waals surface area contributed by atoms with Crippen LogP contribution in [0.25, 0.3) is 0 Å². The van der Waals surface area contributed by atoms with Gasteiger partial charge >= 0.3 is 140 Å². The molecule has 1 N–H and O–H groups in total. The first-order valence-electron chi connectivity index (χ1n) is 8.23. The number of rotatable bonds is 7. The Kier molecular flexibility index (Phi) is 5.03. The maximum atomic E-state index is 11.1. The van der Waals surface area contributed by atoms with Gasteiger partial charge in [-0.25, -0.2) is 0 Å². The Bertz CT molecular complexity index is 583. The fraction of sp³-hybridized carbons (Fsp3) is 0.400. The number of hydrogen-bond donors (Lipinski definition) is 1. The molecule has 0 aromatic heterocycles. The maximum absolute atomic E-state index is 11.1. The van der Waals surface area contributed by atoms with Crippen LogP contribution in [0.5, 0.6) is 0 Å². The van der Waals surface area contributed by atoms with Crippen molar-refractivity contribution < 1.29 is 5.11 Å². The molecule has 2 aromatic carbocycles. The zero-order valence-corrected chi connectivity index (χ0v) is 14.8. The summed E-state index contributed by atoms with van der Waals surface area (Å²) in [5.74, 6) is 0.683. The number of aliphatic hydroxyl groups is 1. The van der Waals surface area contributed by atoms with Crippen molar-refractivity contribution in [3.63, 3.8) is 0 Å². The Morgan fingerprint density at radius 2 is 1.73 bits per heavy atom. The van der Waals surface area contributed by atoms with Gasteiger partial charge in [0.1, 0.15) is 0 Å². The molecule has 22 heavy (non-hydrogen) atoms. The van der Waals surface area contributed by atoms with Crippen LogP contribution in [0.1, 0.15) is 44.3 Å². The molecule has 0 bridgehead atoms. The predicted molar refractivity (Wildman–Crippen MR) is 93.6 cm³/mol. The van der Waals surface area contributed by atoms with Gasteiger partial charge in [-0.3, -0.25) is 0 Å². The Morgan fingerprint density at radius 1 is 1.09 bits per heavy atom. The molecule has 2 aromatic rings. The van der Waals surface area contributed by atoms with Crippen molar-refractivity contribution in [2.45, 2.75) is 43.0 Å². The van der Waals surface area contributed by atoms with Crippen molar-refractivity contribution in [2.75, 3.05) is 0 Å². The molecule has 0 spiro atoms. The molecule has 116 valence electrons. The van der Waals surface area contributed by atoms with Gasteiger partial charge in [-0.2, -0.15) is 0 Å². The number of aliphatic hydroxyl groups excluding tert-OH is 1. The SMILES string of the molecule is CCCC[C@H]1C[C@]1([Se]c1ccccc1)C(O)c1ccccc1. The zero-order valence-electron chi connectivity index (χ0n) is 13.1. The summed E-state index contributed by atoms with van der Waals surface area (Å²) in [4.78, 5) is 0. The molecule has 3 atom stereocenters. The molecular formula is C20H24OSe. The Labute approximate surface area is 139 Å². The van der Waals surface area contributed by atoms with Crippen LogP contribution in [0.3, 0.4) is 0 Å². The number of unbranched alkanes of at least 4 members (excludes halogenated alkanes) is 1. The molecular weight excluding hydrogens is 335 g/mol. The quantitative estimate of drug-likeness (QED) is 0.738. The predicted octanol–water partition coefficient (Wildman–Crippen LogP) is 4.12. The number of benzene rings is 2. The fourth-order valence-electron chi connectivity index (χ4n) is 3.26. The molecule has 1 aliphatic carbocycles. The summed E-state index contributed by atoms with van der Waals surface area (Å²) in [6, 6.07) is 21.0. The summed E-state index contributed by atoms with van der Waals surface area (Å²) in [5.41, 5.74) is 1.08. The molecule has 1 aliphatic rings. The Hall–Kier alpha value is -1.08. The van der Waals surface area contributed by atoms with E-state index in [0.29, 0.717) is 20.9 Å². The molecule has 0 heterocycles. The van der Waals surface area contributed by atoms with E-state index in [4.69, 9.17) is 0 Å². The summed E-state index contributed by atoms with van der Waals surface area (Å²) in [6.45, 7) is 2.25. The fourth-order valence-corrected chi connectivity index (χ4v) is 6.51. The van der Waals surface area contributed by atoms with Crippen LogP contribution < -0.4 is 4.46 Å². The van der Waals surface area contributed by atoms with Crippen LogP contribution in [0.4, 0.5) is 0 Å². The van der Waals surface area contributed by atoms with Crippen LogP contribution in [-0.4, -0.2) is 20.1 Å². The second kappa shape index (κ2) is 7.00. The number of hydrogen-bond acceptors (Lipinski definition) is 1. The average Bonchev–Trinajstić information content (AvgIpc) is 3.28. The van der Waals surface area contributed by atoms with E-state index in [0.717, 1.165) is 5.56 Å². The van der Waals surface area contributed by atoms with E-state index < -0.39 is 0 Å². The van der Waals surface area contributed by atoms with Gasteiger partial charge in [0.2, 0.25) is 0 Å². The van der Waals surface area contributed by atoms with Gasteiger partial charge in [-0.05, 0) is 0 Å². The Morgan fingerprint density at radius 3 is 2.36 bits per heavy atom. The third kappa shape index (κ3) is 3.30. The van der Waals surface area contributed by atoms with E-state index in [1.54, 1.807) is 0 Å². The van der Waals surface area contributed by atoms with E-state index in [9.17, 15) is 5.11 Å². The van der Waals surface area contributed by atoms with E-state index in [-0.39, 0.29) is 10.4 Å². The molecule has 0 saturated heterocycles. The second-order valence-corrected chi connectivity index (χ2v) is 9.24. The van der Waals surface area contributed by atoms with Gasteiger partial charge in [-0.15, -0.1) is 0 Å². The third-order valence-corrected chi connectivity index (χ3v) is 8.01. The van der Waals surface area contributed by atoms with Gasteiger partial charge in [-0.1, -0.05) is 0 Å². The van der Waals surface area contributed by atoms with Gasteiger partial charge in [0, 0.05) is 0 Å². The normalized spacial score (nSPS) is 24.9. The summed E-state index contributed by atoms with van der Waals surface area (Å²) in [5, 5.41) is 11.1. The van der Waals surface area contributed by atoms with Gasteiger partial charge < -0.3 is 0 Å². The molecule has 3 rings (SSSR count). The molecule has 1 fully saturated rings. The van der Waals surface area contributed by atoms with Gasteiger partial charge in [0.05, 0.1) is 0 Å². The van der Waals surface area contributed by atoms with E-state index in [1.165, 1.54) is 30.1 Å². The zero-order chi connectivity index (χ0) is 15.4. The average molecular weight is 359 g/mol. The minimum atomic E-state index is -0.323. The standard InChI is InChI=1S/C20H24OSe/c1-2-3-12-17-15-20(17,22-18-13-8-5-9-14-18)19(21)16-10-6-4-7-11-16/h4-11,13-14,17,19,21H,2-3,12,15H2,1H3/t17-,19?,20+/m0/s1.